The number of benzene rings is 1. The Labute approximate surface area is 111 Å². The van der Waals surface area contributed by atoms with Gasteiger partial charge >= 0.3 is 0 Å². The molecule has 1 aromatic carbocycles. The van der Waals surface area contributed by atoms with Crippen LogP contribution in [-0.4, -0.2) is 42.0 Å². The molecule has 0 bridgehead atoms. The monoisotopic (exact) mass is 247 g/mol. The number of hydrogen-bond acceptors (Lipinski definition) is 3. The Morgan fingerprint density at radius 2 is 2.11 bits per heavy atom. The van der Waals surface area contributed by atoms with Gasteiger partial charge in [-0.3, -0.25) is 9.80 Å². The molecule has 1 heterocycles. The van der Waals surface area contributed by atoms with Crippen molar-refractivity contribution in [2.24, 2.45) is 0 Å². The van der Waals surface area contributed by atoms with Crippen molar-refractivity contribution in [3.63, 3.8) is 0 Å². The fourth-order valence-electron chi connectivity index (χ4n) is 2.78. The molecule has 1 aliphatic rings. The molecule has 1 saturated heterocycles. The van der Waals surface area contributed by atoms with Gasteiger partial charge in [0.1, 0.15) is 0 Å². The molecule has 1 aromatic rings. The maximum Gasteiger partial charge on any atom is 0.0343 e. The molecular formula is C15H25N3. The molecule has 1 atom stereocenters. The molecule has 0 spiro atoms. The van der Waals surface area contributed by atoms with Crippen LogP contribution in [0.4, 0.5) is 5.69 Å². The van der Waals surface area contributed by atoms with Gasteiger partial charge in [-0.2, -0.15) is 0 Å². The zero-order valence-electron chi connectivity index (χ0n) is 11.8. The smallest absolute Gasteiger partial charge is 0.0343 e. The topological polar surface area (TPSA) is 32.5 Å². The van der Waals surface area contributed by atoms with E-state index in [0.29, 0.717) is 6.04 Å². The summed E-state index contributed by atoms with van der Waals surface area (Å²) in [6.45, 7) is 12.4. The third kappa shape index (κ3) is 3.03. The summed E-state index contributed by atoms with van der Waals surface area (Å²) in [4.78, 5) is 5.09. The Kier molecular flexibility index (Phi) is 4.25. The number of hydrogen-bond donors (Lipinski definition) is 1. The van der Waals surface area contributed by atoms with Crippen molar-refractivity contribution in [2.75, 3.05) is 31.9 Å². The Morgan fingerprint density at radius 1 is 1.33 bits per heavy atom. The molecule has 1 aliphatic heterocycles. The van der Waals surface area contributed by atoms with Gasteiger partial charge in [0.15, 0.2) is 0 Å². The average Bonchev–Trinajstić information content (AvgIpc) is 2.34. The highest BCUT2D eigenvalue weighted by atomic mass is 15.3. The van der Waals surface area contributed by atoms with E-state index in [-0.39, 0.29) is 0 Å². The minimum absolute atomic E-state index is 0.665. The number of rotatable bonds is 3. The van der Waals surface area contributed by atoms with E-state index in [1.807, 2.05) is 6.07 Å². The number of nitrogens with zero attached hydrogens (tertiary/aromatic N) is 2. The lowest BCUT2D eigenvalue weighted by Crippen LogP contribution is -2.51. The zero-order chi connectivity index (χ0) is 13.1. The first-order valence-electron chi connectivity index (χ1n) is 6.91. The summed E-state index contributed by atoms with van der Waals surface area (Å²) >= 11 is 0. The summed E-state index contributed by atoms with van der Waals surface area (Å²) < 4.78 is 0. The van der Waals surface area contributed by atoms with Crippen molar-refractivity contribution in [3.8, 4) is 0 Å². The van der Waals surface area contributed by atoms with E-state index >= 15 is 0 Å². The lowest BCUT2D eigenvalue weighted by molar-refractivity contribution is 0.0834. The SMILES string of the molecule is CCN1CCN(Cc2ccc(N)c(C)c2)CC1C. The average molecular weight is 247 g/mol. The molecule has 3 nitrogen and oxygen atoms in total. The fourth-order valence-corrected chi connectivity index (χ4v) is 2.78. The Morgan fingerprint density at radius 3 is 2.72 bits per heavy atom. The highest BCUT2D eigenvalue weighted by Crippen LogP contribution is 2.16. The summed E-state index contributed by atoms with van der Waals surface area (Å²) in [6, 6.07) is 7.06. The van der Waals surface area contributed by atoms with Crippen molar-refractivity contribution in [2.45, 2.75) is 33.4 Å². The maximum absolute atomic E-state index is 5.86. The Bertz CT molecular complexity index is 403. The van der Waals surface area contributed by atoms with Gasteiger partial charge in [0.05, 0.1) is 0 Å². The normalized spacial score (nSPS) is 22.3. The molecule has 0 radical (unpaired) electrons. The molecule has 1 unspecified atom stereocenters. The third-order valence-electron chi connectivity index (χ3n) is 4.00. The van der Waals surface area contributed by atoms with Gasteiger partial charge in [-0.05, 0) is 37.6 Å². The highest BCUT2D eigenvalue weighted by molar-refractivity contribution is 5.47. The molecule has 0 aliphatic carbocycles. The van der Waals surface area contributed by atoms with Crippen LogP contribution in [0.15, 0.2) is 18.2 Å². The molecule has 0 aromatic heterocycles. The van der Waals surface area contributed by atoms with Gasteiger partial charge in [0, 0.05) is 37.9 Å². The number of likely N-dealkylation sites (N-methyl/N-ethyl adjacent to an activating group) is 1. The predicted molar refractivity (Wildman–Crippen MR) is 77.6 cm³/mol. The lowest BCUT2D eigenvalue weighted by atomic mass is 10.1. The van der Waals surface area contributed by atoms with E-state index in [2.05, 4.69) is 42.7 Å². The van der Waals surface area contributed by atoms with Gasteiger partial charge in [-0.25, -0.2) is 0 Å². The van der Waals surface area contributed by atoms with Crippen LogP contribution in [0.1, 0.15) is 25.0 Å². The van der Waals surface area contributed by atoms with Gasteiger partial charge in [0.2, 0.25) is 0 Å². The van der Waals surface area contributed by atoms with Crippen molar-refractivity contribution in [3.05, 3.63) is 29.3 Å². The molecule has 0 amide bonds. The van der Waals surface area contributed by atoms with Crippen LogP contribution in [0, 0.1) is 6.92 Å². The Hall–Kier alpha value is -1.06. The second kappa shape index (κ2) is 5.72. The summed E-state index contributed by atoms with van der Waals surface area (Å²) in [6.07, 6.45) is 0. The number of piperazine rings is 1. The van der Waals surface area contributed by atoms with Crippen LogP contribution in [0.25, 0.3) is 0 Å². The zero-order valence-corrected chi connectivity index (χ0v) is 11.8. The summed E-state index contributed by atoms with van der Waals surface area (Å²) in [7, 11) is 0. The van der Waals surface area contributed by atoms with E-state index in [4.69, 9.17) is 5.73 Å². The van der Waals surface area contributed by atoms with Gasteiger partial charge in [-0.15, -0.1) is 0 Å². The Balaban J connectivity index is 1.96. The van der Waals surface area contributed by atoms with E-state index < -0.39 is 0 Å². The van der Waals surface area contributed by atoms with E-state index in [1.54, 1.807) is 0 Å². The summed E-state index contributed by atoms with van der Waals surface area (Å²) in [5, 5.41) is 0. The molecule has 2 N–H and O–H groups in total. The van der Waals surface area contributed by atoms with Crippen LogP contribution in [0.5, 0.6) is 0 Å². The molecule has 0 saturated carbocycles. The van der Waals surface area contributed by atoms with Gasteiger partial charge in [0.25, 0.3) is 0 Å². The van der Waals surface area contributed by atoms with E-state index in [0.717, 1.165) is 25.3 Å². The predicted octanol–water partition coefficient (Wildman–Crippen LogP) is 2.10. The molecule has 18 heavy (non-hydrogen) atoms. The maximum atomic E-state index is 5.86. The first kappa shape index (κ1) is 13.4. The number of anilines is 1. The molecule has 100 valence electrons. The minimum Gasteiger partial charge on any atom is -0.399 e. The minimum atomic E-state index is 0.665. The van der Waals surface area contributed by atoms with Crippen LogP contribution in [0.2, 0.25) is 0 Å². The van der Waals surface area contributed by atoms with Crippen LogP contribution >= 0.6 is 0 Å². The lowest BCUT2D eigenvalue weighted by Gasteiger charge is -2.39. The summed E-state index contributed by atoms with van der Waals surface area (Å²) in [5.41, 5.74) is 9.31. The first-order chi connectivity index (χ1) is 8.60. The van der Waals surface area contributed by atoms with Crippen molar-refractivity contribution < 1.29 is 0 Å². The quantitative estimate of drug-likeness (QED) is 0.830. The largest absolute Gasteiger partial charge is 0.399 e. The van der Waals surface area contributed by atoms with Gasteiger partial charge in [-0.1, -0.05) is 19.1 Å². The van der Waals surface area contributed by atoms with Crippen molar-refractivity contribution in [1.29, 1.82) is 0 Å². The van der Waals surface area contributed by atoms with E-state index in [9.17, 15) is 0 Å². The first-order valence-corrected chi connectivity index (χ1v) is 6.91. The van der Waals surface area contributed by atoms with Crippen LogP contribution < -0.4 is 5.73 Å². The second-order valence-corrected chi connectivity index (χ2v) is 5.40. The number of nitrogens with two attached hydrogens (primary N) is 1. The summed E-state index contributed by atoms with van der Waals surface area (Å²) in [5.74, 6) is 0. The second-order valence-electron chi connectivity index (χ2n) is 5.40. The van der Waals surface area contributed by atoms with Gasteiger partial charge < -0.3 is 5.73 Å². The third-order valence-corrected chi connectivity index (χ3v) is 4.00. The van der Waals surface area contributed by atoms with Crippen molar-refractivity contribution >= 4 is 5.69 Å². The highest BCUT2D eigenvalue weighted by Gasteiger charge is 2.22. The van der Waals surface area contributed by atoms with Crippen molar-refractivity contribution in [1.82, 2.24) is 9.80 Å². The number of nitrogen functional groups attached to an aromatic ring is 1. The van der Waals surface area contributed by atoms with Crippen LogP contribution in [-0.2, 0) is 6.54 Å². The molecule has 2 rings (SSSR count). The van der Waals surface area contributed by atoms with E-state index in [1.165, 1.54) is 24.2 Å². The van der Waals surface area contributed by atoms with Crippen LogP contribution in [0.3, 0.4) is 0 Å². The molecule has 3 heteroatoms. The standard InChI is InChI=1S/C15H25N3/c1-4-18-8-7-17(10-13(18)3)11-14-5-6-15(16)12(2)9-14/h5-6,9,13H,4,7-8,10-11,16H2,1-3H3. The fraction of sp³-hybridized carbons (Fsp3) is 0.600. The molecule has 1 fully saturated rings. The number of aryl methyl sites for hydroxylation is 1. The molecular weight excluding hydrogens is 222 g/mol.